The zero-order valence-electron chi connectivity index (χ0n) is 7.89. The Morgan fingerprint density at radius 2 is 1.93 bits per heavy atom. The molecule has 1 saturated carbocycles. The summed E-state index contributed by atoms with van der Waals surface area (Å²) in [6, 6.07) is 4.11. The number of halogens is 2. The Balaban J connectivity index is 1.95. The smallest absolute Gasteiger partial charge is 0.159 e. The van der Waals surface area contributed by atoms with Gasteiger partial charge in [0.25, 0.3) is 0 Å². The molecule has 1 aliphatic rings. The fourth-order valence-electron chi connectivity index (χ4n) is 1.41. The molecule has 0 spiro atoms. The van der Waals surface area contributed by atoms with Gasteiger partial charge < -0.3 is 0 Å². The van der Waals surface area contributed by atoms with Crippen molar-refractivity contribution in [3.8, 4) is 0 Å². The summed E-state index contributed by atoms with van der Waals surface area (Å²) in [4.78, 5) is 0. The molecule has 0 saturated heterocycles. The minimum atomic E-state index is -0.769. The van der Waals surface area contributed by atoms with Crippen molar-refractivity contribution in [3.63, 3.8) is 0 Å². The van der Waals surface area contributed by atoms with Crippen LogP contribution in [0.4, 0.5) is 8.78 Å². The third kappa shape index (κ3) is 2.41. The molecule has 0 bridgehead atoms. The van der Waals surface area contributed by atoms with Gasteiger partial charge in [0, 0.05) is 0 Å². The molecule has 1 aromatic carbocycles. The molecule has 1 fully saturated rings. The molecule has 0 amide bonds. The Morgan fingerprint density at radius 3 is 2.57 bits per heavy atom. The minimum Gasteiger partial charge on any atom is -0.204 e. The van der Waals surface area contributed by atoms with Crippen LogP contribution in [-0.4, -0.2) is 0 Å². The molecule has 0 N–H and O–H groups in total. The highest BCUT2D eigenvalue weighted by atomic mass is 19.2. The predicted octanol–water partition coefficient (Wildman–Crippen LogP) is 3.62. The predicted molar refractivity (Wildman–Crippen MR) is 52.0 cm³/mol. The van der Waals surface area contributed by atoms with Crippen LogP contribution in [0, 0.1) is 11.6 Å². The van der Waals surface area contributed by atoms with Crippen LogP contribution in [-0.2, 0) is 6.42 Å². The van der Waals surface area contributed by atoms with Crippen LogP contribution in [0.25, 0.3) is 0 Å². The molecular formula is C12H12F2. The van der Waals surface area contributed by atoms with Crippen molar-refractivity contribution >= 4 is 0 Å². The normalized spacial score (nSPS) is 14.3. The van der Waals surface area contributed by atoms with Crippen molar-refractivity contribution in [3.05, 3.63) is 47.0 Å². The third-order valence-corrected chi connectivity index (χ3v) is 2.39. The van der Waals surface area contributed by atoms with Crippen molar-refractivity contribution in [1.29, 1.82) is 0 Å². The molecular weight excluding hydrogens is 182 g/mol. The van der Waals surface area contributed by atoms with Gasteiger partial charge in [-0.1, -0.05) is 17.7 Å². The molecule has 0 aromatic heterocycles. The first-order chi connectivity index (χ1) is 6.75. The fourth-order valence-corrected chi connectivity index (χ4v) is 1.41. The monoisotopic (exact) mass is 194 g/mol. The lowest BCUT2D eigenvalue weighted by atomic mass is 10.1. The number of hydrogen-bond donors (Lipinski definition) is 0. The van der Waals surface area contributed by atoms with Gasteiger partial charge in [-0.25, -0.2) is 8.78 Å². The maximum atomic E-state index is 12.8. The lowest BCUT2D eigenvalue weighted by molar-refractivity contribution is 0.507. The molecule has 1 aromatic rings. The van der Waals surface area contributed by atoms with Gasteiger partial charge in [0.05, 0.1) is 0 Å². The van der Waals surface area contributed by atoms with Gasteiger partial charge in [-0.15, -0.1) is 0 Å². The van der Waals surface area contributed by atoms with Crippen LogP contribution in [0.5, 0.6) is 0 Å². The number of hydrogen-bond acceptors (Lipinski definition) is 0. The molecule has 0 heterocycles. The second kappa shape index (κ2) is 3.91. The lowest BCUT2D eigenvalue weighted by Crippen LogP contribution is -1.88. The number of benzene rings is 1. The highest BCUT2D eigenvalue weighted by Crippen LogP contribution is 2.28. The quantitative estimate of drug-likeness (QED) is 0.645. The highest BCUT2D eigenvalue weighted by molar-refractivity contribution is 5.20. The lowest BCUT2D eigenvalue weighted by Gasteiger charge is -1.99. The third-order valence-electron chi connectivity index (χ3n) is 2.39. The van der Waals surface area contributed by atoms with Crippen LogP contribution >= 0.6 is 0 Å². The average Bonchev–Trinajstić information content (AvgIpc) is 2.95. The molecule has 2 rings (SSSR count). The summed E-state index contributed by atoms with van der Waals surface area (Å²) in [5.41, 5.74) is 2.36. The summed E-state index contributed by atoms with van der Waals surface area (Å²) in [5.74, 6) is -1.52. The van der Waals surface area contributed by atoms with Crippen molar-refractivity contribution in [1.82, 2.24) is 0 Å². The Bertz CT molecular complexity index is 361. The highest BCUT2D eigenvalue weighted by Gasteiger charge is 2.09. The molecule has 0 radical (unpaired) electrons. The number of rotatable bonds is 3. The van der Waals surface area contributed by atoms with Gasteiger partial charge in [0.2, 0.25) is 0 Å². The maximum Gasteiger partial charge on any atom is 0.159 e. The van der Waals surface area contributed by atoms with Gasteiger partial charge in [-0.3, -0.25) is 0 Å². The molecule has 74 valence electrons. The van der Waals surface area contributed by atoms with Gasteiger partial charge in [-0.2, -0.15) is 0 Å². The number of allylic oxidation sites excluding steroid dienone is 2. The minimum absolute atomic E-state index is 0.749. The van der Waals surface area contributed by atoms with E-state index in [0.29, 0.717) is 0 Å². The maximum absolute atomic E-state index is 12.8. The van der Waals surface area contributed by atoms with Crippen molar-refractivity contribution < 1.29 is 8.78 Å². The first-order valence-corrected chi connectivity index (χ1v) is 4.87. The Labute approximate surface area is 82.3 Å². The zero-order chi connectivity index (χ0) is 9.97. The summed E-state index contributed by atoms with van der Waals surface area (Å²) in [6.45, 7) is 0. The standard InChI is InChI=1S/C12H12F2/c13-11-7-6-10(8-12(11)14)3-1-2-9-4-5-9/h2,6-8H,1,3-5H2. The summed E-state index contributed by atoms with van der Waals surface area (Å²) in [5, 5.41) is 0. The van der Waals surface area contributed by atoms with Gasteiger partial charge in [0.1, 0.15) is 0 Å². The van der Waals surface area contributed by atoms with E-state index in [-0.39, 0.29) is 0 Å². The molecule has 1 aliphatic carbocycles. The van der Waals surface area contributed by atoms with E-state index < -0.39 is 11.6 Å². The van der Waals surface area contributed by atoms with Gasteiger partial charge in [0.15, 0.2) is 11.6 Å². The molecule has 0 aliphatic heterocycles. The van der Waals surface area contributed by atoms with E-state index in [1.54, 1.807) is 6.07 Å². The van der Waals surface area contributed by atoms with Crippen LogP contribution in [0.2, 0.25) is 0 Å². The Morgan fingerprint density at radius 1 is 1.14 bits per heavy atom. The van der Waals surface area contributed by atoms with E-state index in [4.69, 9.17) is 0 Å². The van der Waals surface area contributed by atoms with E-state index in [1.807, 2.05) is 0 Å². The Kier molecular flexibility index (Phi) is 2.62. The largest absolute Gasteiger partial charge is 0.204 e. The first kappa shape index (κ1) is 9.38. The summed E-state index contributed by atoms with van der Waals surface area (Å²) in [7, 11) is 0. The zero-order valence-corrected chi connectivity index (χ0v) is 7.89. The van der Waals surface area contributed by atoms with Crippen LogP contribution in [0.15, 0.2) is 29.8 Å². The van der Waals surface area contributed by atoms with Gasteiger partial charge >= 0.3 is 0 Å². The van der Waals surface area contributed by atoms with Crippen LogP contribution < -0.4 is 0 Å². The topological polar surface area (TPSA) is 0 Å². The fraction of sp³-hybridized carbons (Fsp3) is 0.333. The molecule has 0 unspecified atom stereocenters. The van der Waals surface area contributed by atoms with E-state index in [0.717, 1.165) is 18.4 Å². The SMILES string of the molecule is Fc1ccc(CCC=C2CC2)cc1F. The van der Waals surface area contributed by atoms with E-state index >= 15 is 0 Å². The first-order valence-electron chi connectivity index (χ1n) is 4.87. The second-order valence-corrected chi connectivity index (χ2v) is 3.65. The Hall–Kier alpha value is -1.18. The molecule has 0 atom stereocenters. The molecule has 2 heteroatoms. The van der Waals surface area contributed by atoms with E-state index in [9.17, 15) is 8.78 Å². The van der Waals surface area contributed by atoms with Crippen molar-refractivity contribution in [2.75, 3.05) is 0 Å². The number of aryl methyl sites for hydroxylation is 1. The van der Waals surface area contributed by atoms with E-state index in [2.05, 4.69) is 6.08 Å². The van der Waals surface area contributed by atoms with E-state index in [1.165, 1.54) is 30.5 Å². The van der Waals surface area contributed by atoms with Crippen molar-refractivity contribution in [2.45, 2.75) is 25.7 Å². The van der Waals surface area contributed by atoms with Crippen LogP contribution in [0.1, 0.15) is 24.8 Å². The second-order valence-electron chi connectivity index (χ2n) is 3.65. The average molecular weight is 194 g/mol. The van der Waals surface area contributed by atoms with Crippen LogP contribution in [0.3, 0.4) is 0 Å². The summed E-state index contributed by atoms with van der Waals surface area (Å²) >= 11 is 0. The summed E-state index contributed by atoms with van der Waals surface area (Å²) in [6.07, 6.45) is 6.36. The molecule has 14 heavy (non-hydrogen) atoms. The van der Waals surface area contributed by atoms with Gasteiger partial charge in [-0.05, 0) is 43.4 Å². The molecule has 0 nitrogen and oxygen atoms in total. The summed E-state index contributed by atoms with van der Waals surface area (Å²) < 4.78 is 25.4. The van der Waals surface area contributed by atoms with Crippen molar-refractivity contribution in [2.24, 2.45) is 0 Å².